The molecule has 0 spiro atoms. The summed E-state index contributed by atoms with van der Waals surface area (Å²) in [5.41, 5.74) is 5.31. The van der Waals surface area contributed by atoms with Crippen LogP contribution in [-0.4, -0.2) is 60.8 Å². The number of halogens is 3. The maximum absolute atomic E-state index is 13.1. The molecule has 1 aromatic heterocycles. The minimum absolute atomic E-state index is 0.105. The number of nitrogens with two attached hydrogens (primary N) is 1. The number of aromatic nitrogens is 1. The highest BCUT2D eigenvalue weighted by Gasteiger charge is 2.32. The van der Waals surface area contributed by atoms with Gasteiger partial charge in [-0.05, 0) is 42.4 Å². The van der Waals surface area contributed by atoms with Crippen molar-refractivity contribution in [3.63, 3.8) is 0 Å². The number of hydrogen-bond acceptors (Lipinski definition) is 8. The van der Waals surface area contributed by atoms with Gasteiger partial charge in [-0.3, -0.25) is 0 Å². The number of pyridine rings is 1. The molecule has 1 amide bonds. The van der Waals surface area contributed by atoms with Crippen LogP contribution < -0.4 is 15.8 Å². The van der Waals surface area contributed by atoms with Crippen LogP contribution in [0.4, 0.5) is 18.0 Å². The van der Waals surface area contributed by atoms with Crippen molar-refractivity contribution in [1.82, 2.24) is 19.9 Å². The third-order valence-corrected chi connectivity index (χ3v) is 8.05. The second-order valence-electron chi connectivity index (χ2n) is 11.3. The molecule has 0 radical (unpaired) electrons. The van der Waals surface area contributed by atoms with Crippen LogP contribution in [0.1, 0.15) is 58.1 Å². The molecule has 10 nitrogen and oxygen atoms in total. The van der Waals surface area contributed by atoms with E-state index in [1.54, 1.807) is 11.0 Å². The smallest absolute Gasteiger partial charge is 0.416 e. The van der Waals surface area contributed by atoms with Crippen LogP contribution in [0.25, 0.3) is 5.70 Å². The first kappa shape index (κ1) is 36.6. The molecular weight excluding hydrogens is 599 g/mol. The van der Waals surface area contributed by atoms with Crippen molar-refractivity contribution >= 4 is 21.8 Å². The summed E-state index contributed by atoms with van der Waals surface area (Å²) < 4.78 is 71.9. The van der Waals surface area contributed by atoms with Gasteiger partial charge in [0.2, 0.25) is 0 Å². The summed E-state index contributed by atoms with van der Waals surface area (Å²) in [6, 6.07) is 8.01. The summed E-state index contributed by atoms with van der Waals surface area (Å²) in [5.74, 6) is 0. The van der Waals surface area contributed by atoms with E-state index < -0.39 is 51.5 Å². The van der Waals surface area contributed by atoms with E-state index in [-0.39, 0.29) is 23.8 Å². The second kappa shape index (κ2) is 15.9. The number of carbonyl (C=O) groups excluding carboxylic acids is 1. The van der Waals surface area contributed by atoms with Gasteiger partial charge in [0.05, 0.1) is 30.0 Å². The van der Waals surface area contributed by atoms with Crippen LogP contribution in [0.2, 0.25) is 0 Å². The number of benzene rings is 1. The summed E-state index contributed by atoms with van der Waals surface area (Å²) in [6.07, 6.45) is -1.24. The number of rotatable bonds is 15. The van der Waals surface area contributed by atoms with E-state index in [0.29, 0.717) is 18.4 Å². The topological polar surface area (TPSA) is 147 Å². The number of nitrogens with zero attached hydrogens (tertiary/aromatic N) is 2. The predicted octanol–water partition coefficient (Wildman–Crippen LogP) is 4.84. The van der Waals surface area contributed by atoms with Gasteiger partial charge >= 0.3 is 12.3 Å². The second-order valence-corrected chi connectivity index (χ2v) is 13.0. The lowest BCUT2D eigenvalue weighted by atomic mass is 9.88. The van der Waals surface area contributed by atoms with Crippen LogP contribution in [0.15, 0.2) is 72.7 Å². The van der Waals surface area contributed by atoms with Gasteiger partial charge in [-0.15, -0.1) is 0 Å². The van der Waals surface area contributed by atoms with E-state index in [0.717, 1.165) is 18.6 Å². The minimum Gasteiger partial charge on any atom is -0.444 e. The SMILES string of the molecule is C=CN(/C=C(\N)c1ccc(C(F)(F)F)cc1)C[C@@H](OC(=O)N[C@@H](CCCC)[C@H](O)CNS(=O)(=O)c1ccccn1)C(C)(C)C. The predicted molar refractivity (Wildman–Crippen MR) is 162 cm³/mol. The van der Waals surface area contributed by atoms with Crippen LogP contribution in [0, 0.1) is 5.41 Å². The molecule has 3 atom stereocenters. The zero-order chi connectivity index (χ0) is 33.1. The summed E-state index contributed by atoms with van der Waals surface area (Å²) in [5, 5.41) is 13.3. The molecule has 2 aromatic rings. The first-order valence-electron chi connectivity index (χ1n) is 14.1. The number of carbonyl (C=O) groups is 1. The number of sulfonamides is 1. The maximum atomic E-state index is 13.1. The first-order chi connectivity index (χ1) is 20.5. The Labute approximate surface area is 257 Å². The molecule has 1 aromatic carbocycles. The number of aliphatic hydroxyl groups excluding tert-OH is 1. The van der Waals surface area contributed by atoms with Crippen molar-refractivity contribution in [2.24, 2.45) is 11.1 Å². The maximum Gasteiger partial charge on any atom is 0.416 e. The Morgan fingerprint density at radius 1 is 1.18 bits per heavy atom. The van der Waals surface area contributed by atoms with E-state index in [1.165, 1.54) is 42.9 Å². The molecule has 14 heteroatoms. The van der Waals surface area contributed by atoms with E-state index in [9.17, 15) is 31.5 Å². The van der Waals surface area contributed by atoms with Gasteiger partial charge in [0.1, 0.15) is 6.10 Å². The number of aliphatic hydroxyl groups is 1. The van der Waals surface area contributed by atoms with Gasteiger partial charge in [0.15, 0.2) is 5.03 Å². The third-order valence-electron chi connectivity index (χ3n) is 6.71. The zero-order valence-corrected chi connectivity index (χ0v) is 26.2. The Morgan fingerprint density at radius 2 is 1.84 bits per heavy atom. The lowest BCUT2D eigenvalue weighted by Gasteiger charge is -2.34. The molecule has 0 saturated heterocycles. The number of amides is 1. The standard InChI is InChI=1S/C30H42F3N5O5S/c1-6-8-11-24(25(39)18-36-44(41,42)27-12-9-10-17-35-27)37-28(40)43-26(29(3,4)5)20-38(7-2)19-23(34)21-13-15-22(16-14-21)30(31,32)33/h7,9-10,12-17,19,24-26,36,39H,2,6,8,11,18,20,34H2,1,3-5H3,(H,37,40)/b23-19-/t24-,25+,26+/m0/s1. The van der Waals surface area contributed by atoms with Gasteiger partial charge in [-0.1, -0.05) is 65.3 Å². The molecule has 2 rings (SSSR count). The average Bonchev–Trinajstić information content (AvgIpc) is 2.96. The average molecular weight is 642 g/mol. The molecule has 0 saturated carbocycles. The Balaban J connectivity index is 2.12. The number of unbranched alkanes of at least 4 members (excludes halogenated alkanes) is 1. The van der Waals surface area contributed by atoms with Gasteiger partial charge in [0, 0.05) is 24.4 Å². The monoisotopic (exact) mass is 641 g/mol. The third kappa shape index (κ3) is 11.5. The van der Waals surface area contributed by atoms with E-state index in [1.807, 2.05) is 27.7 Å². The number of hydrogen-bond donors (Lipinski definition) is 4. The number of alkyl carbamates (subject to hydrolysis) is 1. The molecule has 0 aliphatic rings. The molecule has 244 valence electrons. The van der Waals surface area contributed by atoms with Gasteiger partial charge in [0.25, 0.3) is 10.0 Å². The fraction of sp³-hybridized carbons (Fsp3) is 0.467. The lowest BCUT2D eigenvalue weighted by Crippen LogP contribution is -2.50. The molecular formula is C30H42F3N5O5S. The van der Waals surface area contributed by atoms with Crippen molar-refractivity contribution in [1.29, 1.82) is 0 Å². The van der Waals surface area contributed by atoms with Crippen LogP contribution in [0.5, 0.6) is 0 Å². The molecule has 0 aliphatic heterocycles. The van der Waals surface area contributed by atoms with E-state index in [4.69, 9.17) is 10.5 Å². The Hall–Kier alpha value is -3.62. The Kier molecular flexibility index (Phi) is 13.2. The normalized spacial score (nSPS) is 14.8. The van der Waals surface area contributed by atoms with Gasteiger partial charge < -0.3 is 25.8 Å². The van der Waals surface area contributed by atoms with Gasteiger partial charge in [-0.25, -0.2) is 22.9 Å². The van der Waals surface area contributed by atoms with Crippen molar-refractivity contribution < 1.29 is 36.2 Å². The summed E-state index contributed by atoms with van der Waals surface area (Å²) >= 11 is 0. The molecule has 0 aliphatic carbocycles. The number of nitrogens with one attached hydrogen (secondary N) is 2. The molecule has 0 unspecified atom stereocenters. The highest BCUT2D eigenvalue weighted by molar-refractivity contribution is 7.89. The first-order valence-corrected chi connectivity index (χ1v) is 15.6. The van der Waals surface area contributed by atoms with Crippen molar-refractivity contribution in [3.8, 4) is 0 Å². The fourth-order valence-corrected chi connectivity index (χ4v) is 4.98. The van der Waals surface area contributed by atoms with E-state index >= 15 is 0 Å². The summed E-state index contributed by atoms with van der Waals surface area (Å²) in [4.78, 5) is 18.4. The lowest BCUT2D eigenvalue weighted by molar-refractivity contribution is -0.137. The van der Waals surface area contributed by atoms with E-state index in [2.05, 4.69) is 21.6 Å². The van der Waals surface area contributed by atoms with Crippen molar-refractivity contribution in [2.75, 3.05) is 13.1 Å². The number of ether oxygens (including phenoxy) is 1. The zero-order valence-electron chi connectivity index (χ0n) is 25.3. The quantitative estimate of drug-likeness (QED) is 0.216. The van der Waals surface area contributed by atoms with Crippen molar-refractivity contribution in [3.05, 3.63) is 78.8 Å². The molecule has 44 heavy (non-hydrogen) atoms. The summed E-state index contributed by atoms with van der Waals surface area (Å²) in [6.45, 7) is 11.0. The van der Waals surface area contributed by atoms with Crippen molar-refractivity contribution in [2.45, 2.75) is 76.4 Å². The van der Waals surface area contributed by atoms with Crippen LogP contribution >= 0.6 is 0 Å². The number of alkyl halides is 3. The molecule has 1 heterocycles. The van der Waals surface area contributed by atoms with Gasteiger partial charge in [-0.2, -0.15) is 13.2 Å². The van der Waals surface area contributed by atoms with Crippen LogP contribution in [-0.2, 0) is 20.9 Å². The molecule has 5 N–H and O–H groups in total. The van der Waals surface area contributed by atoms with Crippen LogP contribution in [0.3, 0.4) is 0 Å². The highest BCUT2D eigenvalue weighted by Crippen LogP contribution is 2.30. The summed E-state index contributed by atoms with van der Waals surface area (Å²) in [7, 11) is -3.98. The highest BCUT2D eigenvalue weighted by atomic mass is 32.2. The molecule has 0 bridgehead atoms. The minimum atomic E-state index is -4.47. The Bertz CT molecular complexity index is 1350. The Morgan fingerprint density at radius 3 is 2.36 bits per heavy atom. The fourth-order valence-electron chi connectivity index (χ4n) is 3.98. The molecule has 0 fully saturated rings. The largest absolute Gasteiger partial charge is 0.444 e.